The molecular formula is C27H34N2O6. The van der Waals surface area contributed by atoms with E-state index in [4.69, 9.17) is 14.2 Å². The molecule has 188 valence electrons. The van der Waals surface area contributed by atoms with Gasteiger partial charge in [0.25, 0.3) is 5.91 Å². The Morgan fingerprint density at radius 1 is 0.914 bits per heavy atom. The van der Waals surface area contributed by atoms with Gasteiger partial charge in [0.1, 0.15) is 11.3 Å². The lowest BCUT2D eigenvalue weighted by Crippen LogP contribution is -2.60. The molecule has 1 fully saturated rings. The number of para-hydroxylation sites is 1. The summed E-state index contributed by atoms with van der Waals surface area (Å²) >= 11 is 0. The number of hydrogen-bond donors (Lipinski definition) is 2. The average molecular weight is 483 g/mol. The molecule has 8 nitrogen and oxygen atoms in total. The number of carbonyl (C=O) groups is 3. The highest BCUT2D eigenvalue weighted by molar-refractivity contribution is 5.97. The van der Waals surface area contributed by atoms with E-state index in [1.165, 1.54) is 14.2 Å². The number of nitrogens with one attached hydrogen (secondary N) is 2. The van der Waals surface area contributed by atoms with E-state index in [0.717, 1.165) is 5.56 Å². The fourth-order valence-electron chi connectivity index (χ4n) is 4.69. The van der Waals surface area contributed by atoms with Gasteiger partial charge in [-0.2, -0.15) is 0 Å². The molecule has 0 atom stereocenters. The lowest BCUT2D eigenvalue weighted by Gasteiger charge is -2.45. The van der Waals surface area contributed by atoms with Crippen LogP contribution in [-0.4, -0.2) is 50.9 Å². The van der Waals surface area contributed by atoms with Crippen molar-refractivity contribution in [2.45, 2.75) is 50.0 Å². The van der Waals surface area contributed by atoms with Crippen LogP contribution in [0.5, 0.6) is 5.75 Å². The number of rotatable bonds is 9. The van der Waals surface area contributed by atoms with Crippen LogP contribution in [0, 0.1) is 0 Å². The summed E-state index contributed by atoms with van der Waals surface area (Å²) in [6.07, 6.45) is 1.84. The topological polar surface area (TPSA) is 103 Å². The van der Waals surface area contributed by atoms with Crippen molar-refractivity contribution < 1.29 is 28.6 Å². The van der Waals surface area contributed by atoms with Crippen LogP contribution in [0.2, 0.25) is 0 Å². The van der Waals surface area contributed by atoms with E-state index < -0.39 is 23.0 Å². The largest absolute Gasteiger partial charge is 0.496 e. The first-order valence-corrected chi connectivity index (χ1v) is 11.9. The van der Waals surface area contributed by atoms with E-state index in [-0.39, 0.29) is 12.5 Å². The van der Waals surface area contributed by atoms with Crippen molar-refractivity contribution in [3.05, 3.63) is 65.7 Å². The van der Waals surface area contributed by atoms with Gasteiger partial charge in [-0.05, 0) is 49.8 Å². The van der Waals surface area contributed by atoms with Gasteiger partial charge in [0.05, 0.1) is 26.4 Å². The molecule has 0 saturated heterocycles. The second-order valence-electron chi connectivity index (χ2n) is 8.86. The summed E-state index contributed by atoms with van der Waals surface area (Å²) in [6.45, 7) is 2.54. The summed E-state index contributed by atoms with van der Waals surface area (Å²) in [5.41, 5.74) is -0.0821. The Balaban J connectivity index is 1.83. The minimum Gasteiger partial charge on any atom is -0.496 e. The summed E-state index contributed by atoms with van der Waals surface area (Å²) in [6, 6.07) is 17.0. The molecule has 2 aromatic carbocycles. The fraction of sp³-hybridized carbons (Fsp3) is 0.444. The first kappa shape index (κ1) is 26.1. The number of alkyl carbamates (subject to hydrolysis) is 1. The molecule has 1 saturated carbocycles. The summed E-state index contributed by atoms with van der Waals surface area (Å²) in [5, 5.41) is 5.85. The number of benzene rings is 2. The minimum absolute atomic E-state index is 0.233. The van der Waals surface area contributed by atoms with Gasteiger partial charge in [-0.3, -0.25) is 4.79 Å². The van der Waals surface area contributed by atoms with Gasteiger partial charge in [-0.15, -0.1) is 0 Å². The van der Waals surface area contributed by atoms with Gasteiger partial charge >= 0.3 is 12.1 Å². The smallest absolute Gasteiger partial charge is 0.408 e. The predicted molar refractivity (Wildman–Crippen MR) is 131 cm³/mol. The molecule has 0 spiro atoms. The van der Waals surface area contributed by atoms with Crippen molar-refractivity contribution in [2.75, 3.05) is 27.4 Å². The van der Waals surface area contributed by atoms with Crippen LogP contribution >= 0.6 is 0 Å². The molecule has 0 aliphatic heterocycles. The average Bonchev–Trinajstić information content (AvgIpc) is 2.91. The molecule has 1 aliphatic carbocycles. The van der Waals surface area contributed by atoms with E-state index in [1.807, 2.05) is 43.3 Å². The third-order valence-electron chi connectivity index (χ3n) is 6.74. The number of carbonyl (C=O) groups excluding carboxylic acids is 3. The van der Waals surface area contributed by atoms with Gasteiger partial charge in [0.15, 0.2) is 0 Å². The van der Waals surface area contributed by atoms with Crippen molar-refractivity contribution in [2.24, 2.45) is 0 Å². The lowest BCUT2D eigenvalue weighted by atomic mass is 9.64. The summed E-state index contributed by atoms with van der Waals surface area (Å²) < 4.78 is 15.6. The number of amides is 2. The highest BCUT2D eigenvalue weighted by Crippen LogP contribution is 2.43. The van der Waals surface area contributed by atoms with Crippen LogP contribution < -0.4 is 15.4 Å². The summed E-state index contributed by atoms with van der Waals surface area (Å²) in [7, 11) is 2.85. The molecule has 1 aliphatic rings. The third kappa shape index (κ3) is 5.93. The number of ether oxygens (including phenoxy) is 3. The molecule has 0 aromatic heterocycles. The Kier molecular flexibility index (Phi) is 8.73. The van der Waals surface area contributed by atoms with Crippen LogP contribution in [0.3, 0.4) is 0 Å². The standard InChI is InChI=1S/C27H34N2O6/c1-4-18-35-25(32)29-27(24(31)34-3)16-14-26(15-17-27,20-10-6-5-7-11-20)19-28-23(30)21-12-8-9-13-22(21)33-2/h5-13H,4,14-19H2,1-3H3,(H,28,30)(H,29,32). The predicted octanol–water partition coefficient (Wildman–Crippen LogP) is 3.99. The maximum absolute atomic E-state index is 13.0. The zero-order valence-electron chi connectivity index (χ0n) is 20.6. The molecule has 3 rings (SSSR count). The minimum atomic E-state index is -1.18. The molecule has 0 heterocycles. The molecule has 2 aromatic rings. The molecule has 2 amide bonds. The zero-order chi connectivity index (χ0) is 25.3. The maximum atomic E-state index is 13.0. The Bertz CT molecular complexity index is 1020. The van der Waals surface area contributed by atoms with Crippen LogP contribution in [0.15, 0.2) is 54.6 Å². The molecule has 35 heavy (non-hydrogen) atoms. The van der Waals surface area contributed by atoms with Crippen molar-refractivity contribution >= 4 is 18.0 Å². The number of hydrogen-bond acceptors (Lipinski definition) is 6. The van der Waals surface area contributed by atoms with Crippen LogP contribution in [0.25, 0.3) is 0 Å². The van der Waals surface area contributed by atoms with Gasteiger partial charge in [-0.25, -0.2) is 9.59 Å². The maximum Gasteiger partial charge on any atom is 0.408 e. The molecule has 0 bridgehead atoms. The normalized spacial score (nSPS) is 21.5. The van der Waals surface area contributed by atoms with Crippen LogP contribution in [-0.2, 0) is 19.7 Å². The zero-order valence-corrected chi connectivity index (χ0v) is 20.6. The van der Waals surface area contributed by atoms with E-state index in [0.29, 0.717) is 50.0 Å². The Morgan fingerprint density at radius 3 is 2.20 bits per heavy atom. The van der Waals surface area contributed by atoms with E-state index in [9.17, 15) is 14.4 Å². The first-order chi connectivity index (χ1) is 16.9. The second-order valence-corrected chi connectivity index (χ2v) is 8.86. The van der Waals surface area contributed by atoms with Crippen LogP contribution in [0.4, 0.5) is 4.79 Å². The SMILES string of the molecule is CCCOC(=O)NC1(C(=O)OC)CCC(CNC(=O)c2ccccc2OC)(c2ccccc2)CC1. The molecule has 0 radical (unpaired) electrons. The monoisotopic (exact) mass is 482 g/mol. The van der Waals surface area contributed by atoms with Gasteiger partial charge in [0, 0.05) is 12.0 Å². The Labute approximate surface area is 206 Å². The quantitative estimate of drug-likeness (QED) is 0.524. The Morgan fingerprint density at radius 2 is 1.57 bits per heavy atom. The van der Waals surface area contributed by atoms with Crippen LogP contribution in [0.1, 0.15) is 54.9 Å². The van der Waals surface area contributed by atoms with Gasteiger partial charge < -0.3 is 24.8 Å². The highest BCUT2D eigenvalue weighted by atomic mass is 16.6. The second kappa shape index (κ2) is 11.7. The van der Waals surface area contributed by atoms with E-state index in [2.05, 4.69) is 10.6 Å². The third-order valence-corrected chi connectivity index (χ3v) is 6.74. The first-order valence-electron chi connectivity index (χ1n) is 11.9. The molecule has 0 unspecified atom stereocenters. The van der Waals surface area contributed by atoms with Gasteiger partial charge in [0.2, 0.25) is 0 Å². The van der Waals surface area contributed by atoms with Crippen molar-refractivity contribution in [3.63, 3.8) is 0 Å². The Hall–Kier alpha value is -3.55. The van der Waals surface area contributed by atoms with Crippen molar-refractivity contribution in [1.82, 2.24) is 10.6 Å². The van der Waals surface area contributed by atoms with E-state index >= 15 is 0 Å². The highest BCUT2D eigenvalue weighted by Gasteiger charge is 2.50. The van der Waals surface area contributed by atoms with Crippen molar-refractivity contribution in [3.8, 4) is 5.75 Å². The number of methoxy groups -OCH3 is 2. The molecule has 2 N–H and O–H groups in total. The molecular weight excluding hydrogens is 448 g/mol. The number of esters is 1. The van der Waals surface area contributed by atoms with Crippen molar-refractivity contribution in [1.29, 1.82) is 0 Å². The fourth-order valence-corrected chi connectivity index (χ4v) is 4.69. The summed E-state index contributed by atoms with van der Waals surface area (Å²) in [4.78, 5) is 38.2. The van der Waals surface area contributed by atoms with Gasteiger partial charge in [-0.1, -0.05) is 49.4 Å². The molecule has 8 heteroatoms. The summed E-state index contributed by atoms with van der Waals surface area (Å²) in [5.74, 6) is -0.226. The van der Waals surface area contributed by atoms with E-state index in [1.54, 1.807) is 18.2 Å². The lowest BCUT2D eigenvalue weighted by molar-refractivity contribution is -0.150.